The predicted octanol–water partition coefficient (Wildman–Crippen LogP) is 4.91. The van der Waals surface area contributed by atoms with E-state index in [1.54, 1.807) is 0 Å². The van der Waals surface area contributed by atoms with Crippen LogP contribution in [0, 0.1) is 5.82 Å². The molecule has 9 heteroatoms. The molecular weight excluding hydrogens is 324 g/mol. The molecule has 0 aliphatic heterocycles. The third kappa shape index (κ3) is 3.34. The Labute approximate surface area is 120 Å². The highest BCUT2D eigenvalue weighted by Crippen LogP contribution is 2.51. The van der Waals surface area contributed by atoms with Gasteiger partial charge in [-0.3, -0.25) is 0 Å². The van der Waals surface area contributed by atoms with Crippen LogP contribution in [0.5, 0.6) is 0 Å². The number of hydrogen-bond acceptors (Lipinski definition) is 1. The molecule has 0 aromatic heterocycles. The molecule has 0 aliphatic carbocycles. The van der Waals surface area contributed by atoms with Gasteiger partial charge in [0.2, 0.25) is 0 Å². The van der Waals surface area contributed by atoms with Gasteiger partial charge in [-0.2, -0.15) is 30.7 Å². The summed E-state index contributed by atoms with van der Waals surface area (Å²) in [6.07, 6.45) is -8.34. The Hall–Kier alpha value is -1.38. The van der Waals surface area contributed by atoms with Crippen molar-refractivity contribution in [3.8, 4) is 0 Å². The minimum Gasteiger partial charge on any atom is -0.374 e. The van der Waals surface area contributed by atoms with Gasteiger partial charge in [0.05, 0.1) is 12.0 Å². The lowest BCUT2D eigenvalue weighted by atomic mass is 9.87. The molecule has 1 nitrogen and oxygen atoms in total. The number of hydrogen-bond donors (Lipinski definition) is 0. The number of ether oxygens (including phenoxy) is 1. The van der Waals surface area contributed by atoms with Gasteiger partial charge in [-0.1, -0.05) is 12.1 Å². The minimum absolute atomic E-state index is 0.158. The number of methoxy groups -OCH3 is 1. The zero-order valence-corrected chi connectivity index (χ0v) is 11.4. The molecular formula is C13H12F8O. The van der Waals surface area contributed by atoms with Crippen LogP contribution < -0.4 is 0 Å². The van der Waals surface area contributed by atoms with Gasteiger partial charge >= 0.3 is 18.0 Å². The third-order valence-electron chi connectivity index (χ3n) is 3.28. The van der Waals surface area contributed by atoms with Gasteiger partial charge in [0.25, 0.3) is 0 Å². The maximum atomic E-state index is 13.5. The summed E-state index contributed by atoms with van der Waals surface area (Å²) < 4.78 is 107. The molecule has 0 aliphatic rings. The Kier molecular flexibility index (Phi) is 4.82. The Morgan fingerprint density at radius 3 is 1.73 bits per heavy atom. The standard InChI is InChI=1S/C13H12F8O/c1-10(22-2,8-3-5-9(14)6-4-8)7-11(15,16)12(17,18)13(19,20)21/h3-6H,7H2,1-2H3. The molecule has 1 atom stereocenters. The van der Waals surface area contributed by atoms with Gasteiger partial charge in [0, 0.05) is 7.11 Å². The first-order valence-electron chi connectivity index (χ1n) is 5.90. The van der Waals surface area contributed by atoms with Crippen molar-refractivity contribution < 1.29 is 39.9 Å². The first-order chi connectivity index (χ1) is 9.77. The monoisotopic (exact) mass is 336 g/mol. The van der Waals surface area contributed by atoms with Gasteiger partial charge in [0.15, 0.2) is 0 Å². The fourth-order valence-corrected chi connectivity index (χ4v) is 1.84. The molecule has 0 heterocycles. The van der Waals surface area contributed by atoms with Gasteiger partial charge in [0.1, 0.15) is 5.82 Å². The van der Waals surface area contributed by atoms with E-state index in [4.69, 9.17) is 4.74 Å². The van der Waals surface area contributed by atoms with Crippen molar-refractivity contribution >= 4 is 0 Å². The van der Waals surface area contributed by atoms with Crippen LogP contribution in [0.3, 0.4) is 0 Å². The molecule has 0 saturated heterocycles. The summed E-state index contributed by atoms with van der Waals surface area (Å²) in [7, 11) is 0.880. The molecule has 126 valence electrons. The van der Waals surface area contributed by atoms with E-state index in [2.05, 4.69) is 0 Å². The smallest absolute Gasteiger partial charge is 0.374 e. The first-order valence-corrected chi connectivity index (χ1v) is 5.90. The van der Waals surface area contributed by atoms with E-state index in [1.807, 2.05) is 0 Å². The quantitative estimate of drug-likeness (QED) is 0.694. The summed E-state index contributed by atoms with van der Waals surface area (Å²) >= 11 is 0. The fraction of sp³-hybridized carbons (Fsp3) is 0.538. The van der Waals surface area contributed by atoms with Crippen molar-refractivity contribution in [3.63, 3.8) is 0 Å². The molecule has 22 heavy (non-hydrogen) atoms. The lowest BCUT2D eigenvalue weighted by molar-refractivity contribution is -0.361. The second-order valence-corrected chi connectivity index (χ2v) is 4.90. The van der Waals surface area contributed by atoms with Crippen molar-refractivity contribution in [1.29, 1.82) is 0 Å². The summed E-state index contributed by atoms with van der Waals surface area (Å²) in [5, 5.41) is 0. The van der Waals surface area contributed by atoms with Crippen LogP contribution in [0.2, 0.25) is 0 Å². The molecule has 1 aromatic rings. The van der Waals surface area contributed by atoms with Gasteiger partial charge < -0.3 is 4.74 Å². The van der Waals surface area contributed by atoms with Crippen LogP contribution in [0.4, 0.5) is 35.1 Å². The minimum atomic E-state index is -6.41. The zero-order chi connectivity index (χ0) is 17.4. The van der Waals surface area contributed by atoms with E-state index in [0.717, 1.165) is 38.3 Å². The van der Waals surface area contributed by atoms with Crippen LogP contribution in [0.15, 0.2) is 24.3 Å². The Morgan fingerprint density at radius 1 is 0.909 bits per heavy atom. The molecule has 0 fully saturated rings. The Morgan fingerprint density at radius 2 is 1.36 bits per heavy atom. The van der Waals surface area contributed by atoms with E-state index in [0.29, 0.717) is 0 Å². The van der Waals surface area contributed by atoms with E-state index in [9.17, 15) is 35.1 Å². The summed E-state index contributed by atoms with van der Waals surface area (Å²) in [6.45, 7) is 0.917. The second kappa shape index (κ2) is 5.68. The van der Waals surface area contributed by atoms with Crippen LogP contribution in [-0.2, 0) is 10.3 Å². The normalized spacial score (nSPS) is 16.5. The molecule has 0 amide bonds. The number of rotatable bonds is 5. The van der Waals surface area contributed by atoms with Crippen molar-refractivity contribution in [2.45, 2.75) is 37.0 Å². The topological polar surface area (TPSA) is 9.23 Å². The zero-order valence-electron chi connectivity index (χ0n) is 11.4. The second-order valence-electron chi connectivity index (χ2n) is 4.90. The maximum Gasteiger partial charge on any atom is 0.459 e. The number of benzene rings is 1. The third-order valence-corrected chi connectivity index (χ3v) is 3.28. The van der Waals surface area contributed by atoms with Gasteiger partial charge in [-0.15, -0.1) is 0 Å². The molecule has 0 N–H and O–H groups in total. The van der Waals surface area contributed by atoms with E-state index in [-0.39, 0.29) is 5.56 Å². The Balaban J connectivity index is 3.19. The fourth-order valence-electron chi connectivity index (χ4n) is 1.84. The van der Waals surface area contributed by atoms with Crippen molar-refractivity contribution in [2.24, 2.45) is 0 Å². The summed E-state index contributed by atoms with van der Waals surface area (Å²) in [4.78, 5) is 0. The molecule has 0 radical (unpaired) electrons. The highest BCUT2D eigenvalue weighted by Gasteiger charge is 2.73. The average Bonchev–Trinajstić information content (AvgIpc) is 2.37. The van der Waals surface area contributed by atoms with Gasteiger partial charge in [-0.05, 0) is 24.6 Å². The molecule has 1 aromatic carbocycles. The van der Waals surface area contributed by atoms with E-state index in [1.165, 1.54) is 0 Å². The van der Waals surface area contributed by atoms with Crippen LogP contribution in [0.1, 0.15) is 18.9 Å². The largest absolute Gasteiger partial charge is 0.459 e. The SMILES string of the molecule is COC(C)(CC(F)(F)C(F)(F)C(F)(F)F)c1ccc(F)cc1. The molecule has 1 rings (SSSR count). The van der Waals surface area contributed by atoms with Crippen LogP contribution in [-0.4, -0.2) is 25.1 Å². The summed E-state index contributed by atoms with van der Waals surface area (Å²) in [5.41, 5.74) is -2.32. The Bertz CT molecular complexity index is 508. The number of alkyl halides is 7. The highest BCUT2D eigenvalue weighted by molar-refractivity contribution is 5.23. The van der Waals surface area contributed by atoms with Crippen molar-refractivity contribution in [3.05, 3.63) is 35.6 Å². The van der Waals surface area contributed by atoms with Crippen LogP contribution in [0.25, 0.3) is 0 Å². The summed E-state index contributed by atoms with van der Waals surface area (Å²) in [5.74, 6) is -12.4. The maximum absolute atomic E-state index is 13.5. The summed E-state index contributed by atoms with van der Waals surface area (Å²) in [6, 6.07) is 3.65. The first kappa shape index (κ1) is 18.7. The highest BCUT2D eigenvalue weighted by atomic mass is 19.4. The molecule has 0 spiro atoms. The van der Waals surface area contributed by atoms with Crippen molar-refractivity contribution in [1.82, 2.24) is 0 Å². The molecule has 0 bridgehead atoms. The lowest BCUT2D eigenvalue weighted by Gasteiger charge is -2.36. The molecule has 0 saturated carbocycles. The number of halogens is 8. The van der Waals surface area contributed by atoms with Gasteiger partial charge in [-0.25, -0.2) is 4.39 Å². The predicted molar refractivity (Wildman–Crippen MR) is 61.3 cm³/mol. The van der Waals surface area contributed by atoms with Crippen molar-refractivity contribution in [2.75, 3.05) is 7.11 Å². The van der Waals surface area contributed by atoms with E-state index >= 15 is 0 Å². The lowest BCUT2D eigenvalue weighted by Crippen LogP contribution is -2.54. The molecule has 1 unspecified atom stereocenters. The average molecular weight is 336 g/mol. The van der Waals surface area contributed by atoms with Crippen LogP contribution >= 0.6 is 0 Å². The van der Waals surface area contributed by atoms with E-state index < -0.39 is 35.9 Å².